The van der Waals surface area contributed by atoms with Crippen molar-refractivity contribution in [2.24, 2.45) is 5.41 Å². The molecule has 1 fully saturated rings. The van der Waals surface area contributed by atoms with E-state index in [-0.39, 0.29) is 42.6 Å². The van der Waals surface area contributed by atoms with Crippen molar-refractivity contribution in [3.63, 3.8) is 0 Å². The summed E-state index contributed by atoms with van der Waals surface area (Å²) in [7, 11) is -1.96. The molecule has 2 atom stereocenters. The lowest BCUT2D eigenvalue weighted by Gasteiger charge is -2.43. The molecule has 0 bridgehead atoms. The molecule has 0 radical (unpaired) electrons. The maximum Gasteiger partial charge on any atom is 0.263 e. The van der Waals surface area contributed by atoms with Crippen molar-refractivity contribution in [2.45, 2.75) is 39.3 Å². The van der Waals surface area contributed by atoms with E-state index in [0.717, 1.165) is 10.9 Å². The monoisotopic (exact) mass is 469 g/mol. The highest BCUT2D eigenvalue weighted by Crippen LogP contribution is 2.44. The average Bonchev–Trinajstić information content (AvgIpc) is 3.08. The van der Waals surface area contributed by atoms with Gasteiger partial charge < -0.3 is 14.6 Å². The summed E-state index contributed by atoms with van der Waals surface area (Å²) in [4.78, 5) is 13.1. The maximum atomic E-state index is 13.2. The molecule has 1 N–H and O–H groups in total. The number of ether oxygens (including phenoxy) is 2. The molecule has 0 saturated carbocycles. The van der Waals surface area contributed by atoms with Gasteiger partial charge in [-0.25, -0.2) is 12.8 Å². The third-order valence-electron chi connectivity index (χ3n) is 5.68. The number of hydrogen-bond acceptors (Lipinski definition) is 7. The second-order valence-electron chi connectivity index (χ2n) is 8.58. The number of aliphatic hydroxyl groups is 1. The molecule has 2 heterocycles. The van der Waals surface area contributed by atoms with Crippen LogP contribution in [0.2, 0.25) is 0 Å². The van der Waals surface area contributed by atoms with Gasteiger partial charge in [0.25, 0.3) is 11.8 Å². The zero-order valence-electron chi connectivity index (χ0n) is 18.7. The van der Waals surface area contributed by atoms with Crippen LogP contribution in [-0.2, 0) is 16.6 Å². The molecule has 2 aromatic rings. The molecule has 32 heavy (non-hydrogen) atoms. The maximum absolute atomic E-state index is 13.2. The molecular formula is C21H28FN3O6S. The van der Waals surface area contributed by atoms with Crippen molar-refractivity contribution in [2.75, 3.05) is 26.5 Å². The molecule has 0 spiro atoms. The zero-order chi connectivity index (χ0) is 23.8. The summed E-state index contributed by atoms with van der Waals surface area (Å²) >= 11 is 0. The standard InChI is InChI=1S/C21H28FN3O6S/c1-13-16(10-24(13)32(5,28)29)17-18(30-4)19(25(23-17)20(27)21(2,3)12-26)31-11-14-6-8-15(22)9-7-14/h6-9,13,16,26H,10-12H2,1-5H3. The van der Waals surface area contributed by atoms with Gasteiger partial charge in [-0.3, -0.25) is 4.79 Å². The number of carbonyl (C=O) groups is 1. The number of sulfonamides is 1. The van der Waals surface area contributed by atoms with E-state index in [1.807, 2.05) is 0 Å². The van der Waals surface area contributed by atoms with Crippen LogP contribution in [0.15, 0.2) is 24.3 Å². The van der Waals surface area contributed by atoms with Crippen LogP contribution in [-0.4, -0.2) is 66.1 Å². The number of aliphatic hydroxyl groups excluding tert-OH is 1. The Morgan fingerprint density at radius 2 is 1.94 bits per heavy atom. The Morgan fingerprint density at radius 3 is 2.44 bits per heavy atom. The van der Waals surface area contributed by atoms with Crippen molar-refractivity contribution in [1.29, 1.82) is 0 Å². The molecule has 1 aliphatic heterocycles. The Balaban J connectivity index is 2.01. The van der Waals surface area contributed by atoms with Gasteiger partial charge in [0, 0.05) is 18.5 Å². The highest BCUT2D eigenvalue weighted by Gasteiger charge is 2.46. The van der Waals surface area contributed by atoms with Gasteiger partial charge in [-0.05, 0) is 38.5 Å². The number of methoxy groups -OCH3 is 1. The fourth-order valence-electron chi connectivity index (χ4n) is 3.52. The van der Waals surface area contributed by atoms with Crippen LogP contribution in [0.25, 0.3) is 0 Å². The van der Waals surface area contributed by atoms with E-state index < -0.39 is 28.0 Å². The summed E-state index contributed by atoms with van der Waals surface area (Å²) < 4.78 is 50.9. The average molecular weight is 470 g/mol. The largest absolute Gasteiger partial charge is 0.490 e. The molecule has 1 aromatic carbocycles. The summed E-state index contributed by atoms with van der Waals surface area (Å²) in [5.74, 6) is -0.930. The lowest BCUT2D eigenvalue weighted by atomic mass is 9.89. The smallest absolute Gasteiger partial charge is 0.263 e. The highest BCUT2D eigenvalue weighted by molar-refractivity contribution is 7.88. The van der Waals surface area contributed by atoms with Gasteiger partial charge in [0.2, 0.25) is 15.8 Å². The van der Waals surface area contributed by atoms with E-state index in [9.17, 15) is 22.7 Å². The SMILES string of the molecule is COc1c(C2CN(S(C)(=O)=O)C2C)nn(C(=O)C(C)(C)CO)c1OCc1ccc(F)cc1. The Hall–Kier alpha value is -2.50. The van der Waals surface area contributed by atoms with Crippen molar-refractivity contribution < 1.29 is 32.2 Å². The summed E-state index contributed by atoms with van der Waals surface area (Å²) in [6.07, 6.45) is 1.14. The number of nitrogens with zero attached hydrogens (tertiary/aromatic N) is 3. The Bertz CT molecular complexity index is 1100. The van der Waals surface area contributed by atoms with Crippen LogP contribution in [0.1, 0.15) is 42.7 Å². The normalized spacial score (nSPS) is 19.5. The third kappa shape index (κ3) is 4.50. The molecule has 1 aliphatic rings. The number of rotatable bonds is 8. The van der Waals surface area contributed by atoms with E-state index in [1.54, 1.807) is 32.9 Å². The molecule has 0 aliphatic carbocycles. The number of hydrogen-bond donors (Lipinski definition) is 1. The van der Waals surface area contributed by atoms with E-state index >= 15 is 0 Å². The molecule has 11 heteroatoms. The van der Waals surface area contributed by atoms with Gasteiger partial charge in [0.15, 0.2) is 0 Å². The summed E-state index contributed by atoms with van der Waals surface area (Å²) in [6, 6.07) is 5.33. The van der Waals surface area contributed by atoms with Gasteiger partial charge in [0.05, 0.1) is 25.4 Å². The Kier molecular flexibility index (Phi) is 6.64. The summed E-state index contributed by atoms with van der Waals surface area (Å²) in [5.41, 5.74) is -0.0836. The van der Waals surface area contributed by atoms with Gasteiger partial charge in [0.1, 0.15) is 18.1 Å². The second kappa shape index (κ2) is 8.80. The van der Waals surface area contributed by atoms with Crippen LogP contribution in [0.4, 0.5) is 4.39 Å². The fraction of sp³-hybridized carbons (Fsp3) is 0.524. The Labute approximate surface area is 186 Å². The molecule has 1 aromatic heterocycles. The minimum atomic E-state index is -3.38. The number of benzene rings is 1. The second-order valence-corrected chi connectivity index (χ2v) is 10.5. The summed E-state index contributed by atoms with van der Waals surface area (Å²) in [6.45, 7) is 4.70. The first kappa shape index (κ1) is 24.1. The van der Waals surface area contributed by atoms with Crippen molar-refractivity contribution in [3.05, 3.63) is 41.3 Å². The first-order chi connectivity index (χ1) is 14.9. The quantitative estimate of drug-likeness (QED) is 0.630. The molecule has 3 rings (SSSR count). The lowest BCUT2D eigenvalue weighted by molar-refractivity contribution is 0.0592. The fourth-order valence-corrected chi connectivity index (χ4v) is 4.70. The van der Waals surface area contributed by atoms with Gasteiger partial charge in [-0.15, -0.1) is 0 Å². The van der Waals surface area contributed by atoms with E-state index in [0.29, 0.717) is 11.3 Å². The minimum Gasteiger partial charge on any atom is -0.490 e. The molecule has 176 valence electrons. The number of carbonyl (C=O) groups excluding carboxylic acids is 1. The zero-order valence-corrected chi connectivity index (χ0v) is 19.5. The van der Waals surface area contributed by atoms with Gasteiger partial charge in [-0.1, -0.05) is 12.1 Å². The third-order valence-corrected chi connectivity index (χ3v) is 7.01. The summed E-state index contributed by atoms with van der Waals surface area (Å²) in [5, 5.41) is 14.1. The van der Waals surface area contributed by atoms with Crippen LogP contribution < -0.4 is 9.47 Å². The molecular weight excluding hydrogens is 441 g/mol. The Morgan fingerprint density at radius 1 is 1.31 bits per heavy atom. The first-order valence-corrected chi connectivity index (χ1v) is 11.9. The molecule has 2 unspecified atom stereocenters. The number of aromatic nitrogens is 2. The first-order valence-electron chi connectivity index (χ1n) is 10.1. The molecule has 9 nitrogen and oxygen atoms in total. The van der Waals surface area contributed by atoms with Gasteiger partial charge in [-0.2, -0.15) is 14.1 Å². The topological polar surface area (TPSA) is 111 Å². The highest BCUT2D eigenvalue weighted by atomic mass is 32.2. The van der Waals surface area contributed by atoms with E-state index in [4.69, 9.17) is 9.47 Å². The minimum absolute atomic E-state index is 0.0181. The molecule has 0 amide bonds. The van der Waals surface area contributed by atoms with Crippen molar-refractivity contribution in [1.82, 2.24) is 14.1 Å². The van der Waals surface area contributed by atoms with Crippen LogP contribution >= 0.6 is 0 Å². The predicted molar refractivity (Wildman–Crippen MR) is 115 cm³/mol. The van der Waals surface area contributed by atoms with Crippen LogP contribution in [0.3, 0.4) is 0 Å². The van der Waals surface area contributed by atoms with Crippen molar-refractivity contribution in [3.8, 4) is 11.6 Å². The molecule has 1 saturated heterocycles. The van der Waals surface area contributed by atoms with Crippen LogP contribution in [0, 0.1) is 11.2 Å². The van der Waals surface area contributed by atoms with E-state index in [1.165, 1.54) is 23.5 Å². The van der Waals surface area contributed by atoms with E-state index in [2.05, 4.69) is 5.10 Å². The lowest BCUT2D eigenvalue weighted by Crippen LogP contribution is -2.55. The van der Waals surface area contributed by atoms with Crippen LogP contribution in [0.5, 0.6) is 11.6 Å². The predicted octanol–water partition coefficient (Wildman–Crippen LogP) is 2.02. The van der Waals surface area contributed by atoms with Crippen molar-refractivity contribution >= 4 is 15.9 Å². The number of halogens is 1. The van der Waals surface area contributed by atoms with Gasteiger partial charge >= 0.3 is 0 Å².